The van der Waals surface area contributed by atoms with Gasteiger partial charge in [-0.2, -0.15) is 4.68 Å². The fourth-order valence-corrected chi connectivity index (χ4v) is 3.99. The molecule has 0 amide bonds. The second-order valence-corrected chi connectivity index (χ2v) is 7.82. The van der Waals surface area contributed by atoms with Crippen LogP contribution in [0.1, 0.15) is 46.0 Å². The summed E-state index contributed by atoms with van der Waals surface area (Å²) in [5.41, 5.74) is 2.63. The summed E-state index contributed by atoms with van der Waals surface area (Å²) in [5.74, 6) is 0.00879. The first kappa shape index (κ1) is 21.6. The molecule has 1 N–H and O–H groups in total. The van der Waals surface area contributed by atoms with E-state index in [2.05, 4.69) is 20.5 Å². The van der Waals surface area contributed by atoms with Gasteiger partial charge in [-0.1, -0.05) is 23.9 Å². The number of hydrogen-bond acceptors (Lipinski definition) is 8. The largest absolute Gasteiger partial charge is 0.494 e. The van der Waals surface area contributed by atoms with Gasteiger partial charge in [0.25, 0.3) is 0 Å². The van der Waals surface area contributed by atoms with Crippen LogP contribution in [0.2, 0.25) is 0 Å². The standard InChI is InChI=1S/C20H23N5O4S/c1-6-29-19(27)16-11(2)17(21-12(16)3)18(26)13(4)30-20-22-23-24-25(20)14-9-7-8-10-15(14)28-5/h7-10,13,21H,6H2,1-5H3/t13-/m0/s1. The van der Waals surface area contributed by atoms with Gasteiger partial charge in [0.15, 0.2) is 5.78 Å². The number of nitrogens with one attached hydrogen (secondary N) is 1. The molecule has 3 rings (SSSR count). The molecule has 0 fully saturated rings. The lowest BCUT2D eigenvalue weighted by Gasteiger charge is -2.12. The number of aromatic amines is 1. The summed E-state index contributed by atoms with van der Waals surface area (Å²) in [6.45, 7) is 7.26. The third-order valence-corrected chi connectivity index (χ3v) is 5.60. The van der Waals surface area contributed by atoms with Crippen molar-refractivity contribution in [2.75, 3.05) is 13.7 Å². The van der Waals surface area contributed by atoms with Gasteiger partial charge in [-0.15, -0.1) is 5.10 Å². The zero-order chi connectivity index (χ0) is 21.8. The number of nitrogens with zero attached hydrogens (tertiary/aromatic N) is 4. The smallest absolute Gasteiger partial charge is 0.340 e. The highest BCUT2D eigenvalue weighted by atomic mass is 32.2. The molecule has 158 valence electrons. The summed E-state index contributed by atoms with van der Waals surface area (Å²) in [6, 6.07) is 7.34. The maximum Gasteiger partial charge on any atom is 0.340 e. The second-order valence-electron chi connectivity index (χ2n) is 6.51. The van der Waals surface area contributed by atoms with E-state index in [1.165, 1.54) is 16.4 Å². The number of hydrogen-bond donors (Lipinski definition) is 1. The van der Waals surface area contributed by atoms with Crippen molar-refractivity contribution >= 4 is 23.5 Å². The first-order valence-corrected chi connectivity index (χ1v) is 10.3. The van der Waals surface area contributed by atoms with Crippen molar-refractivity contribution in [3.63, 3.8) is 0 Å². The monoisotopic (exact) mass is 429 g/mol. The summed E-state index contributed by atoms with van der Waals surface area (Å²) < 4.78 is 12.0. The minimum absolute atomic E-state index is 0.161. The molecule has 1 atom stereocenters. The van der Waals surface area contributed by atoms with Gasteiger partial charge in [0.05, 0.1) is 30.2 Å². The molecule has 30 heavy (non-hydrogen) atoms. The fraction of sp³-hybridized carbons (Fsp3) is 0.350. The maximum atomic E-state index is 13.1. The van der Waals surface area contributed by atoms with E-state index >= 15 is 0 Å². The zero-order valence-electron chi connectivity index (χ0n) is 17.4. The van der Waals surface area contributed by atoms with Gasteiger partial charge >= 0.3 is 5.97 Å². The van der Waals surface area contributed by atoms with Crippen molar-refractivity contribution in [1.82, 2.24) is 25.2 Å². The Morgan fingerprint density at radius 1 is 1.27 bits per heavy atom. The molecule has 0 spiro atoms. The number of Topliss-reactive ketones (excluding diaryl/α,β-unsaturated/α-hetero) is 1. The molecular formula is C20H23N5O4S. The molecule has 2 heterocycles. The third kappa shape index (κ3) is 4.09. The van der Waals surface area contributed by atoms with Crippen LogP contribution < -0.4 is 4.74 Å². The van der Waals surface area contributed by atoms with Gasteiger partial charge in [-0.25, -0.2) is 4.79 Å². The minimum atomic E-state index is -0.503. The molecule has 0 unspecified atom stereocenters. The lowest BCUT2D eigenvalue weighted by atomic mass is 10.1. The van der Waals surface area contributed by atoms with Crippen LogP contribution >= 0.6 is 11.8 Å². The van der Waals surface area contributed by atoms with E-state index in [1.54, 1.807) is 34.8 Å². The van der Waals surface area contributed by atoms with E-state index in [1.807, 2.05) is 24.3 Å². The third-order valence-electron chi connectivity index (χ3n) is 4.57. The van der Waals surface area contributed by atoms with Gasteiger partial charge in [0, 0.05) is 5.69 Å². The molecule has 1 aromatic carbocycles. The quantitative estimate of drug-likeness (QED) is 0.330. The number of aryl methyl sites for hydroxylation is 1. The number of carbonyl (C=O) groups is 2. The number of aromatic nitrogens is 5. The molecule has 2 aromatic heterocycles. The number of ketones is 1. The van der Waals surface area contributed by atoms with Gasteiger partial charge < -0.3 is 14.5 Å². The van der Waals surface area contributed by atoms with Crippen LogP contribution in [0.4, 0.5) is 0 Å². The van der Waals surface area contributed by atoms with Crippen molar-refractivity contribution in [2.45, 2.75) is 38.1 Å². The van der Waals surface area contributed by atoms with Gasteiger partial charge in [-0.3, -0.25) is 4.79 Å². The average Bonchev–Trinajstić information content (AvgIpc) is 3.31. The molecule has 0 bridgehead atoms. The summed E-state index contributed by atoms with van der Waals surface area (Å²) in [6.07, 6.45) is 0. The molecule has 0 aliphatic carbocycles. The van der Waals surface area contributed by atoms with Crippen LogP contribution in [-0.4, -0.2) is 55.9 Å². The number of ether oxygens (including phenoxy) is 2. The van der Waals surface area contributed by atoms with Crippen LogP contribution in [0.3, 0.4) is 0 Å². The number of carbonyl (C=O) groups excluding carboxylic acids is 2. The number of benzene rings is 1. The van der Waals surface area contributed by atoms with Crippen molar-refractivity contribution < 1.29 is 19.1 Å². The van der Waals surface area contributed by atoms with Crippen molar-refractivity contribution in [1.29, 1.82) is 0 Å². The number of methoxy groups -OCH3 is 1. The van der Waals surface area contributed by atoms with Crippen LogP contribution in [0.15, 0.2) is 29.4 Å². The summed E-state index contributed by atoms with van der Waals surface area (Å²) in [5, 5.41) is 11.8. The highest BCUT2D eigenvalue weighted by Gasteiger charge is 2.27. The zero-order valence-corrected chi connectivity index (χ0v) is 18.2. The molecule has 0 aliphatic heterocycles. The Balaban J connectivity index is 1.86. The van der Waals surface area contributed by atoms with Crippen molar-refractivity contribution in [3.8, 4) is 11.4 Å². The van der Waals surface area contributed by atoms with Crippen LogP contribution in [-0.2, 0) is 4.74 Å². The maximum absolute atomic E-state index is 13.1. The number of esters is 1. The number of rotatable bonds is 8. The van der Waals surface area contributed by atoms with E-state index in [9.17, 15) is 9.59 Å². The van der Waals surface area contributed by atoms with E-state index in [0.29, 0.717) is 39.1 Å². The molecule has 0 radical (unpaired) electrons. The Morgan fingerprint density at radius 3 is 2.70 bits per heavy atom. The molecule has 0 aliphatic rings. The summed E-state index contributed by atoms with van der Waals surface area (Å²) in [7, 11) is 1.57. The Bertz CT molecular complexity index is 1080. The predicted octanol–water partition coefficient (Wildman–Crippen LogP) is 3.16. The predicted molar refractivity (Wildman–Crippen MR) is 112 cm³/mol. The highest BCUT2D eigenvalue weighted by Crippen LogP contribution is 2.30. The molecule has 0 saturated heterocycles. The first-order chi connectivity index (χ1) is 14.4. The lowest BCUT2D eigenvalue weighted by Crippen LogP contribution is -2.16. The Morgan fingerprint density at radius 2 is 2.00 bits per heavy atom. The van der Waals surface area contributed by atoms with Crippen LogP contribution in [0.5, 0.6) is 5.75 Å². The fourth-order valence-electron chi connectivity index (χ4n) is 3.13. The molecular weight excluding hydrogens is 406 g/mol. The number of thioether (sulfide) groups is 1. The number of para-hydroxylation sites is 2. The second kappa shape index (κ2) is 9.12. The number of H-pyrrole nitrogens is 1. The average molecular weight is 430 g/mol. The van der Waals surface area contributed by atoms with Gasteiger partial charge in [-0.05, 0) is 55.8 Å². The van der Waals surface area contributed by atoms with Crippen molar-refractivity contribution in [2.24, 2.45) is 0 Å². The normalized spacial score (nSPS) is 11.9. The van der Waals surface area contributed by atoms with Crippen molar-refractivity contribution in [3.05, 3.63) is 46.8 Å². The Labute approximate surface area is 178 Å². The van der Waals surface area contributed by atoms with E-state index in [-0.39, 0.29) is 12.4 Å². The van der Waals surface area contributed by atoms with Crippen LogP contribution in [0, 0.1) is 13.8 Å². The van der Waals surface area contributed by atoms with E-state index < -0.39 is 11.2 Å². The highest BCUT2D eigenvalue weighted by molar-refractivity contribution is 8.00. The topological polar surface area (TPSA) is 112 Å². The van der Waals surface area contributed by atoms with E-state index in [4.69, 9.17) is 9.47 Å². The molecule has 9 nitrogen and oxygen atoms in total. The summed E-state index contributed by atoms with van der Waals surface area (Å²) >= 11 is 1.22. The number of tetrazole rings is 1. The van der Waals surface area contributed by atoms with Gasteiger partial charge in [0.1, 0.15) is 11.4 Å². The minimum Gasteiger partial charge on any atom is -0.494 e. The van der Waals surface area contributed by atoms with Gasteiger partial charge in [0.2, 0.25) is 5.16 Å². The Hall–Kier alpha value is -3.14. The Kier molecular flexibility index (Phi) is 6.56. The molecule has 10 heteroatoms. The van der Waals surface area contributed by atoms with Crippen LogP contribution in [0.25, 0.3) is 5.69 Å². The van der Waals surface area contributed by atoms with E-state index in [0.717, 1.165) is 0 Å². The molecule has 3 aromatic rings. The SMILES string of the molecule is CCOC(=O)c1c(C)[nH]c(C(=O)[C@H](C)Sc2nnnn2-c2ccccc2OC)c1C. The summed E-state index contributed by atoms with van der Waals surface area (Å²) in [4.78, 5) is 28.3. The lowest BCUT2D eigenvalue weighted by molar-refractivity contribution is 0.0525. The first-order valence-electron chi connectivity index (χ1n) is 9.37. The molecule has 0 saturated carbocycles.